The van der Waals surface area contributed by atoms with Gasteiger partial charge in [0.2, 0.25) is 35.6 Å². The summed E-state index contributed by atoms with van der Waals surface area (Å²) < 4.78 is 139. The van der Waals surface area contributed by atoms with Gasteiger partial charge in [0, 0.05) is 164 Å². The lowest BCUT2D eigenvalue weighted by atomic mass is 9.90. The summed E-state index contributed by atoms with van der Waals surface area (Å²) in [4.78, 5) is 133. The summed E-state index contributed by atoms with van der Waals surface area (Å²) in [6, 6.07) is 5.32. The second kappa shape index (κ2) is 40.0. The number of aromatic nitrogens is 10. The number of piperidine rings is 3. The van der Waals surface area contributed by atoms with Gasteiger partial charge in [-0.05, 0) is 71.6 Å². The number of rotatable bonds is 25. The minimum Gasteiger partial charge on any atom is -0.497 e. The molecule has 12 atom stereocenters. The summed E-state index contributed by atoms with van der Waals surface area (Å²) in [5, 5.41) is 16.8. The number of likely N-dealkylation sites (tertiary alicyclic amines) is 3. The molecule has 6 aromatic rings. The van der Waals surface area contributed by atoms with Crippen LogP contribution in [0, 0.1) is 31.6 Å². The van der Waals surface area contributed by atoms with Gasteiger partial charge in [0.25, 0.3) is 28.8 Å². The molecule has 34 nitrogen and oxygen atoms in total. The number of benzene rings is 1. The quantitative estimate of drug-likeness (QED) is 0.0310. The number of alkyl halides is 9. The van der Waals surface area contributed by atoms with Gasteiger partial charge in [-0.15, -0.1) is 36.4 Å². The van der Waals surface area contributed by atoms with E-state index >= 15 is 0 Å². The Morgan fingerprint density at radius 2 is 0.863 bits per heavy atom. The van der Waals surface area contributed by atoms with Gasteiger partial charge in [0.05, 0.1) is 91.7 Å². The van der Waals surface area contributed by atoms with Crippen LogP contribution >= 0.6 is 36.4 Å². The van der Waals surface area contributed by atoms with Crippen LogP contribution < -0.4 is 64.1 Å². The van der Waals surface area contributed by atoms with Crippen molar-refractivity contribution in [2.45, 2.75) is 153 Å². The van der Waals surface area contributed by atoms with Gasteiger partial charge in [0.1, 0.15) is 24.1 Å². The van der Waals surface area contributed by atoms with Gasteiger partial charge >= 0.3 is 18.5 Å². The predicted octanol–water partition coefficient (Wildman–Crippen LogP) is 4.33. The van der Waals surface area contributed by atoms with Crippen LogP contribution in [-0.4, -0.2) is 240 Å². The van der Waals surface area contributed by atoms with Crippen LogP contribution in [0.3, 0.4) is 0 Å². The number of nitrogens with one attached hydrogen (secondary N) is 3. The van der Waals surface area contributed by atoms with Gasteiger partial charge < -0.3 is 81.9 Å². The molecule has 0 radical (unpaired) electrons. The molecule has 0 aliphatic carbocycles. The smallest absolute Gasteiger partial charge is 0.419 e. The van der Waals surface area contributed by atoms with E-state index in [-0.39, 0.29) is 142 Å². The van der Waals surface area contributed by atoms with Crippen molar-refractivity contribution in [3.05, 3.63) is 128 Å². The standard InChI is InChI=1S/C31H37F3N8O5.C23H29F3N8O4.C18H25F3N6O3.ClH.HI.H2/c1-18(39-24-14-38-42(28(44)19(24)2)15-20-4-6-22(46-3)7-5-20)17-47-26-9-11-41(29(26)45)25-8-10-40(16-23(25)27(35)43)30-36-12-21(13-37-30)31(32,33)34;1-12(31-16-9-30-32-20(36)13(16)2)11-38-18-4-6-34(21(18)37)17-3-5-33(10-15(17)19(27)35)22-28-7-14(8-29-22)23(24,25)26;1-10(22)9-30-14-3-5-27(16(14)29)13-2-4-26(8-12(13)15(23)28)17-24-6-11(7-25-17)18(19,20)21;;;/h4-7,12-14,18,23,25-26,39H,8-11,15-17H2,1-3H3,(H2,35,43);7-9,12,15,17-18H,3-6,10-11H2,1-2H3,(H2,27,35)(H2,31,32,36);6-7,10,12-14H,2-5,8-9,22H2,1H3,(H2,23,28);3*1H/t18-,23?,25?,26+;12-,15?,17?,18+;10-,12?,13?,14+;;;/m000.../s1. The average Bonchev–Trinajstić information content (AvgIpc) is 1.73. The molecule has 12 rings (SSSR count). The Hall–Kier alpha value is -9.93. The van der Waals surface area contributed by atoms with E-state index in [4.69, 9.17) is 41.9 Å². The number of anilines is 5. The summed E-state index contributed by atoms with van der Waals surface area (Å²) in [6.07, 6.45) is -5.89. The van der Waals surface area contributed by atoms with Crippen LogP contribution in [0.25, 0.3) is 0 Å². The molecule has 0 saturated carbocycles. The molecule has 6 fully saturated rings. The fourth-order valence-electron chi connectivity index (χ4n) is 14.4. The molecule has 45 heteroatoms. The maximum atomic E-state index is 13.4. The normalized spacial score (nSPS) is 22.5. The third-order valence-electron chi connectivity index (χ3n) is 20.7. The molecule has 5 aromatic heterocycles. The fraction of sp³-hybridized carbons (Fsp3) is 0.556. The number of ether oxygens (including phenoxy) is 4. The molecule has 117 heavy (non-hydrogen) atoms. The highest BCUT2D eigenvalue weighted by Gasteiger charge is 2.48. The Bertz CT molecular complexity index is 4520. The first-order chi connectivity index (χ1) is 54.4. The van der Waals surface area contributed by atoms with Crippen LogP contribution in [0.5, 0.6) is 5.75 Å². The first-order valence-corrected chi connectivity index (χ1v) is 37.0. The molecule has 6 aliphatic rings. The topological polar surface area (TPSA) is 445 Å². The van der Waals surface area contributed by atoms with E-state index in [1.165, 1.54) is 10.9 Å². The maximum Gasteiger partial charge on any atom is 0.419 e. The van der Waals surface area contributed by atoms with Crippen molar-refractivity contribution in [3.63, 3.8) is 0 Å². The molecule has 0 spiro atoms. The Labute approximate surface area is 689 Å². The van der Waals surface area contributed by atoms with Gasteiger partial charge in [-0.25, -0.2) is 39.7 Å². The van der Waals surface area contributed by atoms with Crippen molar-refractivity contribution in [1.82, 2.24) is 64.6 Å². The molecule has 6 amide bonds. The Balaban J connectivity index is 0.000000247. The number of amides is 6. The third kappa shape index (κ3) is 23.3. The molecule has 6 unspecified atom stereocenters. The van der Waals surface area contributed by atoms with E-state index in [9.17, 15) is 77.9 Å². The number of aromatic amines is 1. The number of H-pyrrole nitrogens is 1. The van der Waals surface area contributed by atoms with Crippen LogP contribution in [0.15, 0.2) is 83.4 Å². The number of nitrogens with zero attached hydrogens (tertiary/aromatic N) is 15. The van der Waals surface area contributed by atoms with E-state index in [1.54, 1.807) is 63.5 Å². The van der Waals surface area contributed by atoms with Crippen LogP contribution in [-0.2, 0) is 68.1 Å². The maximum absolute atomic E-state index is 13.4. The number of carbonyl (C=O) groups excluding carboxylic acids is 6. The zero-order valence-electron chi connectivity index (χ0n) is 64.4. The van der Waals surface area contributed by atoms with Gasteiger partial charge in [0.15, 0.2) is 0 Å². The largest absolute Gasteiger partial charge is 0.497 e. The number of hydrogen-bond donors (Lipinski definition) is 7. The number of nitrogens with two attached hydrogens (primary N) is 4. The second-order valence-corrected chi connectivity index (χ2v) is 29.0. The third-order valence-corrected chi connectivity index (χ3v) is 20.7. The molecular formula is C72H95ClF9IN22O12. The van der Waals surface area contributed by atoms with Gasteiger partial charge in [-0.3, -0.25) is 38.4 Å². The van der Waals surface area contributed by atoms with E-state index in [1.807, 2.05) is 38.1 Å². The van der Waals surface area contributed by atoms with E-state index in [2.05, 4.69) is 55.8 Å². The summed E-state index contributed by atoms with van der Waals surface area (Å²) in [6.45, 7) is 12.3. The predicted molar refractivity (Wildman–Crippen MR) is 419 cm³/mol. The molecule has 642 valence electrons. The molecule has 6 aliphatic heterocycles. The van der Waals surface area contributed by atoms with Gasteiger partial charge in [-0.1, -0.05) is 12.1 Å². The number of hydrogen-bond acceptors (Lipinski definition) is 26. The lowest BCUT2D eigenvalue weighted by molar-refractivity contribution is -0.142. The van der Waals surface area contributed by atoms with Crippen molar-refractivity contribution in [1.29, 1.82) is 0 Å². The van der Waals surface area contributed by atoms with E-state index in [0.29, 0.717) is 144 Å². The number of primary amides is 3. The van der Waals surface area contributed by atoms with Crippen molar-refractivity contribution >= 4 is 101 Å². The van der Waals surface area contributed by atoms with E-state index in [0.717, 1.165) is 11.3 Å². The monoisotopic (exact) mass is 1790 g/mol. The van der Waals surface area contributed by atoms with Gasteiger partial charge in [-0.2, -0.15) is 49.7 Å². The van der Waals surface area contributed by atoms with Crippen molar-refractivity contribution < 1.29 is 88.7 Å². The highest BCUT2D eigenvalue weighted by atomic mass is 127. The minimum absolute atomic E-state index is 0. The molecule has 11 heterocycles. The van der Waals surface area contributed by atoms with Crippen molar-refractivity contribution in [3.8, 4) is 5.75 Å². The lowest BCUT2D eigenvalue weighted by Crippen LogP contribution is -2.56. The zero-order chi connectivity index (χ0) is 83.5. The first kappa shape index (κ1) is 92.6. The first-order valence-electron chi connectivity index (χ1n) is 37.0. The Morgan fingerprint density at radius 1 is 0.521 bits per heavy atom. The molecule has 11 N–H and O–H groups in total. The summed E-state index contributed by atoms with van der Waals surface area (Å²) in [7, 11) is 1.59. The molecule has 6 saturated heterocycles. The molecule has 1 aromatic carbocycles. The minimum atomic E-state index is -4.57. The molecular weight excluding hydrogens is 1700 g/mol. The summed E-state index contributed by atoms with van der Waals surface area (Å²) in [5.41, 5.74) is 22.2. The zero-order valence-corrected chi connectivity index (χ0v) is 67.6. The fourth-order valence-corrected chi connectivity index (χ4v) is 14.4. The number of methoxy groups -OCH3 is 1. The highest BCUT2D eigenvalue weighted by Crippen LogP contribution is 2.36. The Kier molecular flexibility index (Phi) is 31.7. The number of carbonyl (C=O) groups is 6. The number of halogens is 11. The summed E-state index contributed by atoms with van der Waals surface area (Å²) >= 11 is 0. The van der Waals surface area contributed by atoms with Crippen LogP contribution in [0.4, 0.5) is 68.7 Å². The summed E-state index contributed by atoms with van der Waals surface area (Å²) in [5.74, 6) is -3.88. The van der Waals surface area contributed by atoms with Crippen LogP contribution in [0.1, 0.15) is 94.1 Å². The SMILES string of the molecule is COc1ccc(Cn2ncc(N[C@@H](C)CO[C@@H]3CCN(C4CCN(c5ncc(C(F)(F)F)cn5)CC4C(N)=O)C3=O)c(C)c2=O)cc1.C[C@H](N)CO[C@@H]1CCN(C2CCN(c3ncc(C(F)(F)F)cn3)CC2C(N)=O)C1=O.Cc1c(N[C@@H](C)CO[C@@H]2CCN(C3CCN(c4ncc(C(F)(F)F)cn4)CC3C(N)=O)C2=O)cn[nH]c1=O.Cl.I.[HH]. The highest BCUT2D eigenvalue weighted by molar-refractivity contribution is 14.0. The van der Waals surface area contributed by atoms with Crippen molar-refractivity contribution in [2.24, 2.45) is 40.7 Å². The lowest BCUT2D eigenvalue weighted by Gasteiger charge is -2.41. The van der Waals surface area contributed by atoms with Crippen molar-refractivity contribution in [2.75, 3.05) is 111 Å². The molecule has 0 bridgehead atoms. The average molecular weight is 1790 g/mol. The van der Waals surface area contributed by atoms with E-state index < -0.39 is 107 Å². The second-order valence-electron chi connectivity index (χ2n) is 29.0. The Morgan fingerprint density at radius 3 is 1.19 bits per heavy atom. The van der Waals surface area contributed by atoms with Crippen LogP contribution in [0.2, 0.25) is 0 Å².